The molecule has 1 heteroatoms. The number of benzene rings is 1. The van der Waals surface area contributed by atoms with Gasteiger partial charge >= 0.3 is 0 Å². The van der Waals surface area contributed by atoms with E-state index in [9.17, 15) is 0 Å². The quantitative estimate of drug-likeness (QED) is 0.787. The van der Waals surface area contributed by atoms with Crippen LogP contribution in [0.15, 0.2) is 24.3 Å². The Balaban J connectivity index is 2.68. The van der Waals surface area contributed by atoms with E-state index < -0.39 is 0 Å². The van der Waals surface area contributed by atoms with Crippen LogP contribution in [0.2, 0.25) is 0 Å². The standard InChI is InChI=1S/C15H25N/c1-11(2)8-9-15(16)14-7-5-6-13(10-14)12(3)4/h5-7,10-12,15H,8-9,16H2,1-4H3/t15-/m0/s1. The normalized spacial score (nSPS) is 13.4. The first kappa shape index (κ1) is 13.2. The smallest absolute Gasteiger partial charge is 0.0295 e. The number of rotatable bonds is 5. The van der Waals surface area contributed by atoms with Gasteiger partial charge in [-0.3, -0.25) is 0 Å². The highest BCUT2D eigenvalue weighted by molar-refractivity contribution is 5.27. The molecule has 1 aromatic rings. The summed E-state index contributed by atoms with van der Waals surface area (Å²) >= 11 is 0. The van der Waals surface area contributed by atoms with Crippen LogP contribution in [0.5, 0.6) is 0 Å². The second-order valence-electron chi connectivity index (χ2n) is 5.40. The van der Waals surface area contributed by atoms with Crippen LogP contribution in [0, 0.1) is 5.92 Å². The zero-order chi connectivity index (χ0) is 12.1. The van der Waals surface area contributed by atoms with E-state index in [0.717, 1.165) is 12.3 Å². The second kappa shape index (κ2) is 6.05. The molecule has 90 valence electrons. The predicted octanol–water partition coefficient (Wildman–Crippen LogP) is 4.25. The third-order valence-electron chi connectivity index (χ3n) is 3.06. The summed E-state index contributed by atoms with van der Waals surface area (Å²) in [5.41, 5.74) is 8.88. The van der Waals surface area contributed by atoms with Crippen LogP contribution in [0.25, 0.3) is 0 Å². The highest BCUT2D eigenvalue weighted by Crippen LogP contribution is 2.22. The van der Waals surface area contributed by atoms with Crippen LogP contribution < -0.4 is 5.73 Å². The van der Waals surface area contributed by atoms with E-state index in [0.29, 0.717) is 5.92 Å². The average molecular weight is 219 g/mol. The Morgan fingerprint density at radius 2 is 1.62 bits per heavy atom. The van der Waals surface area contributed by atoms with E-state index >= 15 is 0 Å². The van der Waals surface area contributed by atoms with Gasteiger partial charge in [-0.05, 0) is 35.8 Å². The summed E-state index contributed by atoms with van der Waals surface area (Å²) in [4.78, 5) is 0. The molecule has 1 nitrogen and oxygen atoms in total. The van der Waals surface area contributed by atoms with Crippen LogP contribution in [-0.2, 0) is 0 Å². The van der Waals surface area contributed by atoms with E-state index in [1.54, 1.807) is 0 Å². The molecule has 0 radical (unpaired) electrons. The Labute approximate surface area is 100 Å². The maximum absolute atomic E-state index is 6.21. The summed E-state index contributed by atoms with van der Waals surface area (Å²) in [7, 11) is 0. The lowest BCUT2D eigenvalue weighted by Crippen LogP contribution is -2.11. The average Bonchev–Trinajstić information content (AvgIpc) is 2.26. The molecule has 0 amide bonds. The van der Waals surface area contributed by atoms with E-state index in [-0.39, 0.29) is 6.04 Å². The molecular formula is C15H25N. The van der Waals surface area contributed by atoms with Crippen molar-refractivity contribution in [1.82, 2.24) is 0 Å². The summed E-state index contributed by atoms with van der Waals surface area (Å²) in [6.45, 7) is 8.94. The molecule has 16 heavy (non-hydrogen) atoms. The van der Waals surface area contributed by atoms with Crippen molar-refractivity contribution in [1.29, 1.82) is 0 Å². The zero-order valence-corrected chi connectivity index (χ0v) is 11.0. The highest BCUT2D eigenvalue weighted by atomic mass is 14.6. The number of hydrogen-bond donors (Lipinski definition) is 1. The lowest BCUT2D eigenvalue weighted by Gasteiger charge is -2.15. The molecule has 0 aromatic heterocycles. The molecular weight excluding hydrogens is 194 g/mol. The van der Waals surface area contributed by atoms with Gasteiger partial charge in [-0.15, -0.1) is 0 Å². The van der Waals surface area contributed by atoms with Crippen molar-refractivity contribution in [3.05, 3.63) is 35.4 Å². The summed E-state index contributed by atoms with van der Waals surface area (Å²) < 4.78 is 0. The molecule has 0 aliphatic carbocycles. The molecule has 0 bridgehead atoms. The van der Waals surface area contributed by atoms with Crippen molar-refractivity contribution >= 4 is 0 Å². The van der Waals surface area contributed by atoms with Crippen LogP contribution in [0.1, 0.15) is 63.6 Å². The molecule has 0 aliphatic rings. The van der Waals surface area contributed by atoms with Gasteiger partial charge in [0.15, 0.2) is 0 Å². The molecule has 0 aliphatic heterocycles. The van der Waals surface area contributed by atoms with Crippen LogP contribution in [0.3, 0.4) is 0 Å². The first-order valence-corrected chi connectivity index (χ1v) is 6.36. The largest absolute Gasteiger partial charge is 0.324 e. The minimum atomic E-state index is 0.195. The topological polar surface area (TPSA) is 26.0 Å². The second-order valence-corrected chi connectivity index (χ2v) is 5.40. The maximum atomic E-state index is 6.21. The van der Waals surface area contributed by atoms with Gasteiger partial charge in [0.2, 0.25) is 0 Å². The fourth-order valence-corrected chi connectivity index (χ4v) is 1.83. The van der Waals surface area contributed by atoms with Gasteiger partial charge in [0.25, 0.3) is 0 Å². The Bertz CT molecular complexity index is 315. The Morgan fingerprint density at radius 1 is 1.00 bits per heavy atom. The van der Waals surface area contributed by atoms with Crippen molar-refractivity contribution in [3.63, 3.8) is 0 Å². The number of nitrogens with two attached hydrogens (primary N) is 1. The zero-order valence-electron chi connectivity index (χ0n) is 11.0. The summed E-state index contributed by atoms with van der Waals surface area (Å²) in [6, 6.07) is 8.91. The van der Waals surface area contributed by atoms with Crippen LogP contribution in [-0.4, -0.2) is 0 Å². The number of hydrogen-bond acceptors (Lipinski definition) is 1. The molecule has 0 fully saturated rings. The molecule has 0 heterocycles. The van der Waals surface area contributed by atoms with Gasteiger partial charge in [0.1, 0.15) is 0 Å². The predicted molar refractivity (Wildman–Crippen MR) is 71.5 cm³/mol. The van der Waals surface area contributed by atoms with Gasteiger partial charge in [0, 0.05) is 6.04 Å². The minimum absolute atomic E-state index is 0.195. The van der Waals surface area contributed by atoms with Crippen molar-refractivity contribution in [2.24, 2.45) is 11.7 Å². The van der Waals surface area contributed by atoms with Gasteiger partial charge in [-0.1, -0.05) is 52.0 Å². The Kier molecular flexibility index (Phi) is 5.01. The van der Waals surface area contributed by atoms with Gasteiger partial charge in [-0.2, -0.15) is 0 Å². The molecule has 0 unspecified atom stereocenters. The van der Waals surface area contributed by atoms with E-state index in [1.807, 2.05) is 0 Å². The summed E-state index contributed by atoms with van der Waals surface area (Å²) in [6.07, 6.45) is 2.28. The fourth-order valence-electron chi connectivity index (χ4n) is 1.83. The van der Waals surface area contributed by atoms with Crippen LogP contribution in [0.4, 0.5) is 0 Å². The van der Waals surface area contributed by atoms with Crippen molar-refractivity contribution in [2.75, 3.05) is 0 Å². The van der Waals surface area contributed by atoms with Gasteiger partial charge in [-0.25, -0.2) is 0 Å². The van der Waals surface area contributed by atoms with E-state index in [1.165, 1.54) is 17.5 Å². The molecule has 1 atom stereocenters. The molecule has 1 rings (SSSR count). The molecule has 0 saturated carbocycles. The van der Waals surface area contributed by atoms with Crippen molar-refractivity contribution in [2.45, 2.75) is 52.5 Å². The van der Waals surface area contributed by atoms with Crippen molar-refractivity contribution < 1.29 is 0 Å². The SMILES string of the molecule is CC(C)CC[C@H](N)c1cccc(C(C)C)c1. The monoisotopic (exact) mass is 219 g/mol. The fraction of sp³-hybridized carbons (Fsp3) is 0.600. The molecule has 1 aromatic carbocycles. The third kappa shape index (κ3) is 3.97. The van der Waals surface area contributed by atoms with Gasteiger partial charge < -0.3 is 5.73 Å². The Hall–Kier alpha value is -0.820. The van der Waals surface area contributed by atoms with Gasteiger partial charge in [0.05, 0.1) is 0 Å². The van der Waals surface area contributed by atoms with Crippen LogP contribution >= 0.6 is 0 Å². The third-order valence-corrected chi connectivity index (χ3v) is 3.06. The minimum Gasteiger partial charge on any atom is -0.324 e. The summed E-state index contributed by atoms with van der Waals surface area (Å²) in [5, 5.41) is 0. The lowest BCUT2D eigenvalue weighted by molar-refractivity contribution is 0.507. The first-order chi connectivity index (χ1) is 7.50. The maximum Gasteiger partial charge on any atom is 0.0295 e. The Morgan fingerprint density at radius 3 is 2.19 bits per heavy atom. The highest BCUT2D eigenvalue weighted by Gasteiger charge is 2.08. The lowest BCUT2D eigenvalue weighted by atomic mass is 9.94. The van der Waals surface area contributed by atoms with Crippen molar-refractivity contribution in [3.8, 4) is 0 Å². The van der Waals surface area contributed by atoms with E-state index in [4.69, 9.17) is 5.73 Å². The summed E-state index contributed by atoms with van der Waals surface area (Å²) in [5.74, 6) is 1.32. The molecule has 0 spiro atoms. The molecule has 2 N–H and O–H groups in total. The first-order valence-electron chi connectivity index (χ1n) is 6.36. The molecule has 0 saturated heterocycles. The van der Waals surface area contributed by atoms with E-state index in [2.05, 4.69) is 52.0 Å².